The number of nitriles is 1. The molecule has 2 aliphatic heterocycles. The Morgan fingerprint density at radius 1 is 1.12 bits per heavy atom. The Kier molecular flexibility index (Phi) is 10.0. The minimum absolute atomic E-state index is 0.0642. The number of aryl methyl sites for hydroxylation is 1. The van der Waals surface area contributed by atoms with Crippen molar-refractivity contribution >= 4 is 17.0 Å². The van der Waals surface area contributed by atoms with Gasteiger partial charge in [0, 0.05) is 26.8 Å². The molecule has 8 nitrogen and oxygen atoms in total. The molecule has 10 heteroatoms. The predicted octanol–water partition coefficient (Wildman–Crippen LogP) is 5.81. The van der Waals surface area contributed by atoms with Gasteiger partial charge < -0.3 is 24.0 Å². The molecule has 0 atom stereocenters. The lowest BCUT2D eigenvalue weighted by molar-refractivity contribution is 0.0367. The topological polar surface area (TPSA) is 101 Å². The highest BCUT2D eigenvalue weighted by Crippen LogP contribution is 2.22. The molecule has 3 aromatic carbocycles. The molecule has 212 valence electrons. The third-order valence-corrected chi connectivity index (χ3v) is 6.40. The van der Waals surface area contributed by atoms with Crippen LogP contribution in [0.25, 0.3) is 11.0 Å². The SMILES string of the molecule is C1COC1.Cn1c(CN2C=CCC2)nc2c(F)cc(C(=O)O)cc21.N#Cc1ccc(OCc2ccccc2)c(F)c1. The molecule has 1 saturated heterocycles. The molecule has 3 heterocycles. The first-order chi connectivity index (χ1) is 19.9. The largest absolute Gasteiger partial charge is 0.486 e. The number of halogens is 2. The molecule has 0 spiro atoms. The van der Waals surface area contributed by atoms with Crippen LogP contribution in [0, 0.1) is 23.0 Å². The van der Waals surface area contributed by atoms with Gasteiger partial charge in [-0.1, -0.05) is 36.4 Å². The van der Waals surface area contributed by atoms with Gasteiger partial charge >= 0.3 is 5.97 Å². The summed E-state index contributed by atoms with van der Waals surface area (Å²) in [6.45, 7) is 3.82. The van der Waals surface area contributed by atoms with Crippen LogP contribution in [-0.4, -0.2) is 45.3 Å². The molecule has 0 amide bonds. The van der Waals surface area contributed by atoms with Crippen molar-refractivity contribution in [2.45, 2.75) is 26.0 Å². The van der Waals surface area contributed by atoms with Gasteiger partial charge in [-0.15, -0.1) is 0 Å². The number of hydrogen-bond donors (Lipinski definition) is 1. The summed E-state index contributed by atoms with van der Waals surface area (Å²) >= 11 is 0. The van der Waals surface area contributed by atoms with Crippen LogP contribution in [0.1, 0.15) is 40.2 Å². The van der Waals surface area contributed by atoms with Crippen LogP contribution in [0.5, 0.6) is 5.75 Å². The first kappa shape index (κ1) is 29.2. The van der Waals surface area contributed by atoms with Gasteiger partial charge in [-0.2, -0.15) is 5.26 Å². The van der Waals surface area contributed by atoms with E-state index in [-0.39, 0.29) is 22.4 Å². The zero-order valence-corrected chi connectivity index (χ0v) is 22.6. The maximum absolute atomic E-state index is 13.9. The van der Waals surface area contributed by atoms with Gasteiger partial charge in [0.1, 0.15) is 17.9 Å². The van der Waals surface area contributed by atoms with E-state index in [1.165, 1.54) is 30.7 Å². The molecule has 1 N–H and O–H groups in total. The number of aromatic nitrogens is 2. The van der Waals surface area contributed by atoms with Crippen LogP contribution in [0.15, 0.2) is 72.9 Å². The maximum atomic E-state index is 13.9. The van der Waals surface area contributed by atoms with Crippen molar-refractivity contribution in [2.75, 3.05) is 19.8 Å². The van der Waals surface area contributed by atoms with Crippen LogP contribution < -0.4 is 4.74 Å². The second-order valence-corrected chi connectivity index (χ2v) is 9.36. The Bertz CT molecular complexity index is 1560. The highest BCUT2D eigenvalue weighted by atomic mass is 19.1. The average molecular weight is 561 g/mol. The summed E-state index contributed by atoms with van der Waals surface area (Å²) in [7, 11) is 1.77. The molecular weight excluding hydrogens is 530 g/mol. The molecule has 2 aliphatic rings. The lowest BCUT2D eigenvalue weighted by atomic mass is 10.2. The molecule has 4 aromatic rings. The van der Waals surface area contributed by atoms with Crippen molar-refractivity contribution < 1.29 is 28.2 Å². The fourth-order valence-electron chi connectivity index (χ4n) is 3.98. The summed E-state index contributed by atoms with van der Waals surface area (Å²) in [4.78, 5) is 17.4. The highest BCUT2D eigenvalue weighted by molar-refractivity contribution is 5.92. The van der Waals surface area contributed by atoms with Gasteiger partial charge in [-0.25, -0.2) is 18.6 Å². The standard InChI is InChI=1S/C14H14FN3O2.C14H10FNO.C3H6O/c1-17-11-7-9(14(19)20)6-10(15)13(11)16-12(17)8-18-4-2-3-5-18;15-13-8-12(9-16)6-7-14(13)17-10-11-4-2-1-3-5-11;1-2-4-3-1/h2,4,6-7H,3,5,8H2,1H3,(H,19,20);1-8H,10H2;1-3H2. The Balaban J connectivity index is 0.000000168. The third kappa shape index (κ3) is 7.90. The zero-order chi connectivity index (χ0) is 29.2. The Morgan fingerprint density at radius 2 is 1.85 bits per heavy atom. The summed E-state index contributed by atoms with van der Waals surface area (Å²) in [6, 6.07) is 18.0. The number of rotatable bonds is 6. The maximum Gasteiger partial charge on any atom is 0.335 e. The zero-order valence-electron chi connectivity index (χ0n) is 22.6. The number of aromatic carboxylic acids is 1. The summed E-state index contributed by atoms with van der Waals surface area (Å²) in [6.07, 6.45) is 6.35. The normalized spacial score (nSPS) is 13.4. The number of carbonyl (C=O) groups is 1. The van der Waals surface area contributed by atoms with Crippen molar-refractivity contribution in [1.29, 1.82) is 5.26 Å². The van der Waals surface area contributed by atoms with E-state index in [9.17, 15) is 13.6 Å². The van der Waals surface area contributed by atoms with E-state index in [4.69, 9.17) is 19.8 Å². The molecule has 0 aliphatic carbocycles. The van der Waals surface area contributed by atoms with Crippen molar-refractivity contribution in [3.05, 3.63) is 107 Å². The van der Waals surface area contributed by atoms with Crippen molar-refractivity contribution in [1.82, 2.24) is 14.5 Å². The van der Waals surface area contributed by atoms with Gasteiger partial charge in [0.2, 0.25) is 0 Å². The van der Waals surface area contributed by atoms with Crippen molar-refractivity contribution in [3.8, 4) is 11.8 Å². The smallest absolute Gasteiger partial charge is 0.335 e. The minimum atomic E-state index is -1.14. The van der Waals surface area contributed by atoms with Gasteiger partial charge in [0.05, 0.1) is 29.3 Å². The molecule has 1 fully saturated rings. The number of carboxylic acid groups (broad SMARTS) is 1. The third-order valence-electron chi connectivity index (χ3n) is 6.40. The van der Waals surface area contributed by atoms with E-state index in [1.807, 2.05) is 42.6 Å². The summed E-state index contributed by atoms with van der Waals surface area (Å²) < 4.78 is 39.2. The molecule has 41 heavy (non-hydrogen) atoms. The van der Waals surface area contributed by atoms with Gasteiger partial charge in [0.15, 0.2) is 17.4 Å². The minimum Gasteiger partial charge on any atom is -0.486 e. The lowest BCUT2D eigenvalue weighted by Crippen LogP contribution is -2.16. The predicted molar refractivity (Wildman–Crippen MR) is 149 cm³/mol. The molecule has 0 saturated carbocycles. The highest BCUT2D eigenvalue weighted by Gasteiger charge is 2.17. The van der Waals surface area contributed by atoms with Crippen LogP contribution >= 0.6 is 0 Å². The van der Waals surface area contributed by atoms with E-state index in [0.29, 0.717) is 24.5 Å². The fraction of sp³-hybridized carbons (Fsp3) is 0.258. The number of ether oxygens (including phenoxy) is 2. The first-order valence-electron chi connectivity index (χ1n) is 13.1. The van der Waals surface area contributed by atoms with Crippen molar-refractivity contribution in [2.24, 2.45) is 7.05 Å². The lowest BCUT2D eigenvalue weighted by Gasteiger charge is -2.14. The molecule has 1 aromatic heterocycles. The number of hydrogen-bond acceptors (Lipinski definition) is 6. The molecular formula is C31H30F2N4O4. The van der Waals surface area contributed by atoms with E-state index < -0.39 is 17.6 Å². The Morgan fingerprint density at radius 3 is 2.44 bits per heavy atom. The second-order valence-electron chi connectivity index (χ2n) is 9.36. The van der Waals surface area contributed by atoms with Crippen molar-refractivity contribution in [3.63, 3.8) is 0 Å². The van der Waals surface area contributed by atoms with E-state index in [2.05, 4.69) is 16.0 Å². The molecule has 0 bridgehead atoms. The molecule has 0 radical (unpaired) electrons. The first-order valence-corrected chi connectivity index (χ1v) is 13.1. The number of imidazole rings is 1. The number of carboxylic acids is 1. The fourth-order valence-corrected chi connectivity index (χ4v) is 3.98. The van der Waals surface area contributed by atoms with Crippen LogP contribution in [0.2, 0.25) is 0 Å². The van der Waals surface area contributed by atoms with Crippen LogP contribution in [0.4, 0.5) is 8.78 Å². The van der Waals surface area contributed by atoms with Gasteiger partial charge in [0.25, 0.3) is 0 Å². The van der Waals surface area contributed by atoms with E-state index in [0.717, 1.165) is 37.8 Å². The molecule has 0 unspecified atom stereocenters. The molecule has 6 rings (SSSR count). The second kappa shape index (κ2) is 14.1. The monoisotopic (exact) mass is 560 g/mol. The van der Waals surface area contributed by atoms with Crippen LogP contribution in [0.3, 0.4) is 0 Å². The van der Waals surface area contributed by atoms with E-state index >= 15 is 0 Å². The Hall–Kier alpha value is -4.75. The summed E-state index contributed by atoms with van der Waals surface area (Å²) in [5.74, 6) is -1.38. The van der Waals surface area contributed by atoms with Gasteiger partial charge in [-0.05, 0) is 54.9 Å². The number of fused-ring (bicyclic) bond motifs is 1. The average Bonchev–Trinajstić information content (AvgIpc) is 3.56. The summed E-state index contributed by atoms with van der Waals surface area (Å²) in [5, 5.41) is 17.6. The Labute approximate surface area is 236 Å². The van der Waals surface area contributed by atoms with Gasteiger partial charge in [-0.3, -0.25) is 0 Å². The summed E-state index contributed by atoms with van der Waals surface area (Å²) in [5.41, 5.74) is 1.91. The quantitative estimate of drug-likeness (QED) is 0.318. The van der Waals surface area contributed by atoms with E-state index in [1.54, 1.807) is 11.6 Å². The number of nitrogens with zero attached hydrogens (tertiary/aromatic N) is 4. The van der Waals surface area contributed by atoms with Crippen LogP contribution in [-0.2, 0) is 24.9 Å². The number of benzene rings is 3.